The molecule has 0 aliphatic heterocycles. The van der Waals surface area contributed by atoms with E-state index in [0.717, 1.165) is 5.56 Å². The summed E-state index contributed by atoms with van der Waals surface area (Å²) in [7, 11) is 0. The van der Waals surface area contributed by atoms with Gasteiger partial charge in [-0.05, 0) is 42.5 Å². The highest BCUT2D eigenvalue weighted by Gasteiger charge is 2.14. The van der Waals surface area contributed by atoms with Crippen molar-refractivity contribution in [2.75, 3.05) is 0 Å². The smallest absolute Gasteiger partial charge is 0.270 e. The van der Waals surface area contributed by atoms with Crippen LogP contribution < -0.4 is 0 Å². The van der Waals surface area contributed by atoms with Crippen LogP contribution in [0.4, 0.5) is 10.1 Å². The van der Waals surface area contributed by atoms with Gasteiger partial charge in [-0.1, -0.05) is 11.6 Å². The van der Waals surface area contributed by atoms with Crippen LogP contribution in [0.2, 0.25) is 5.02 Å². The Morgan fingerprint density at radius 1 is 1.23 bits per heavy atom. The number of thiazole rings is 1. The van der Waals surface area contributed by atoms with Crippen molar-refractivity contribution in [3.05, 3.63) is 91.7 Å². The quantitative estimate of drug-likeness (QED) is 0.188. The van der Waals surface area contributed by atoms with Crippen LogP contribution in [0.15, 0.2) is 64.4 Å². The molecule has 152 valence electrons. The Hall–Kier alpha value is -3.80. The molecule has 4 aromatic rings. The first-order valence-corrected chi connectivity index (χ1v) is 10.1. The number of nitro benzene ring substituents is 1. The number of nitro groups is 1. The van der Waals surface area contributed by atoms with Crippen LogP contribution in [0, 0.1) is 27.3 Å². The van der Waals surface area contributed by atoms with E-state index in [1.807, 2.05) is 0 Å². The van der Waals surface area contributed by atoms with E-state index in [1.165, 1.54) is 41.7 Å². The zero-order chi connectivity index (χ0) is 22.0. The molecule has 0 radical (unpaired) electrons. The van der Waals surface area contributed by atoms with Crippen molar-refractivity contribution >= 4 is 40.3 Å². The number of hydrogen-bond donors (Lipinski definition) is 0. The van der Waals surface area contributed by atoms with Gasteiger partial charge in [0.1, 0.15) is 28.4 Å². The van der Waals surface area contributed by atoms with E-state index in [4.69, 9.17) is 16.0 Å². The summed E-state index contributed by atoms with van der Waals surface area (Å²) in [4.78, 5) is 14.8. The maximum absolute atomic E-state index is 13.1. The normalized spacial score (nSPS) is 11.3. The molecule has 0 bridgehead atoms. The zero-order valence-electron chi connectivity index (χ0n) is 15.6. The van der Waals surface area contributed by atoms with Gasteiger partial charge < -0.3 is 4.42 Å². The van der Waals surface area contributed by atoms with Crippen molar-refractivity contribution in [1.82, 2.24) is 4.98 Å². The first-order chi connectivity index (χ1) is 14.9. The molecule has 0 aliphatic rings. The fourth-order valence-electron chi connectivity index (χ4n) is 2.83. The molecule has 31 heavy (non-hydrogen) atoms. The van der Waals surface area contributed by atoms with Gasteiger partial charge in [-0.3, -0.25) is 10.1 Å². The van der Waals surface area contributed by atoms with Crippen LogP contribution in [0.1, 0.15) is 10.8 Å². The summed E-state index contributed by atoms with van der Waals surface area (Å²) >= 11 is 7.44. The van der Waals surface area contributed by atoms with Gasteiger partial charge in [0.2, 0.25) is 0 Å². The molecule has 6 nitrogen and oxygen atoms in total. The van der Waals surface area contributed by atoms with Crippen LogP contribution in [-0.4, -0.2) is 9.91 Å². The van der Waals surface area contributed by atoms with Crippen molar-refractivity contribution in [2.24, 2.45) is 0 Å². The van der Waals surface area contributed by atoms with Gasteiger partial charge in [-0.25, -0.2) is 9.37 Å². The van der Waals surface area contributed by atoms with E-state index in [-0.39, 0.29) is 16.5 Å². The average Bonchev–Trinajstić information content (AvgIpc) is 3.42. The molecule has 0 unspecified atom stereocenters. The Balaban J connectivity index is 1.62. The Morgan fingerprint density at radius 3 is 2.68 bits per heavy atom. The van der Waals surface area contributed by atoms with Crippen LogP contribution in [0.25, 0.3) is 34.2 Å². The highest BCUT2D eigenvalue weighted by molar-refractivity contribution is 7.11. The number of rotatable bonds is 5. The van der Waals surface area contributed by atoms with Gasteiger partial charge in [-0.15, -0.1) is 11.3 Å². The Morgan fingerprint density at radius 2 is 2.00 bits per heavy atom. The second-order valence-electron chi connectivity index (χ2n) is 6.34. The molecule has 2 aromatic heterocycles. The van der Waals surface area contributed by atoms with Crippen LogP contribution in [0.5, 0.6) is 0 Å². The number of allylic oxidation sites excluding steroid dienone is 1. The third-order valence-electron chi connectivity index (χ3n) is 4.34. The maximum atomic E-state index is 13.1. The third-order valence-corrected chi connectivity index (χ3v) is 5.53. The van der Waals surface area contributed by atoms with Crippen LogP contribution in [-0.2, 0) is 0 Å². The molecule has 0 spiro atoms. The summed E-state index contributed by atoms with van der Waals surface area (Å²) in [5.74, 6) is 0.479. The molecular formula is C22H11ClFN3O3S. The Kier molecular flexibility index (Phi) is 5.62. The highest BCUT2D eigenvalue weighted by atomic mass is 35.5. The van der Waals surface area contributed by atoms with E-state index in [2.05, 4.69) is 11.1 Å². The van der Waals surface area contributed by atoms with Gasteiger partial charge in [0.05, 0.1) is 21.2 Å². The number of benzene rings is 2. The lowest BCUT2D eigenvalue weighted by Gasteiger charge is -2.00. The van der Waals surface area contributed by atoms with Gasteiger partial charge in [-0.2, -0.15) is 5.26 Å². The van der Waals surface area contributed by atoms with Crippen molar-refractivity contribution in [3.63, 3.8) is 0 Å². The number of hydrogen-bond acceptors (Lipinski definition) is 6. The molecule has 4 rings (SSSR count). The molecule has 9 heteroatoms. The van der Waals surface area contributed by atoms with Gasteiger partial charge in [0.25, 0.3) is 5.69 Å². The first kappa shape index (κ1) is 20.5. The molecule has 2 aromatic carbocycles. The summed E-state index contributed by atoms with van der Waals surface area (Å²) < 4.78 is 18.9. The Bertz CT molecular complexity index is 1350. The summed E-state index contributed by atoms with van der Waals surface area (Å²) in [6.45, 7) is 0. The minimum atomic E-state index is -0.528. The summed E-state index contributed by atoms with van der Waals surface area (Å²) in [6, 6.07) is 15.5. The Labute approximate surface area is 184 Å². The van der Waals surface area contributed by atoms with Crippen molar-refractivity contribution in [3.8, 4) is 28.7 Å². The highest BCUT2D eigenvalue weighted by Crippen LogP contribution is 2.33. The molecule has 0 aliphatic carbocycles. The molecule has 0 saturated heterocycles. The minimum absolute atomic E-state index is 0.118. The SMILES string of the molecule is N#CC(=Cc1ccc(-c2ccc([N+](=O)[O-])cc2Cl)o1)c1nc(-c2ccc(F)cc2)cs1. The number of halogens is 2. The molecule has 0 amide bonds. The molecular weight excluding hydrogens is 441 g/mol. The predicted molar refractivity (Wildman–Crippen MR) is 117 cm³/mol. The number of nitrogens with zero attached hydrogens (tertiary/aromatic N) is 3. The molecule has 0 fully saturated rings. The number of aromatic nitrogens is 1. The number of non-ortho nitro benzene ring substituents is 1. The van der Waals surface area contributed by atoms with Gasteiger partial charge >= 0.3 is 0 Å². The second-order valence-corrected chi connectivity index (χ2v) is 7.60. The minimum Gasteiger partial charge on any atom is -0.457 e. The molecule has 0 saturated carbocycles. The maximum Gasteiger partial charge on any atom is 0.270 e. The monoisotopic (exact) mass is 451 g/mol. The van der Waals surface area contributed by atoms with E-state index in [0.29, 0.717) is 33.4 Å². The van der Waals surface area contributed by atoms with Gasteiger partial charge in [0, 0.05) is 34.7 Å². The zero-order valence-corrected chi connectivity index (χ0v) is 17.2. The largest absolute Gasteiger partial charge is 0.457 e. The van der Waals surface area contributed by atoms with E-state index in [1.54, 1.807) is 35.7 Å². The molecule has 0 N–H and O–H groups in total. The van der Waals surface area contributed by atoms with E-state index < -0.39 is 4.92 Å². The second kappa shape index (κ2) is 8.52. The summed E-state index contributed by atoms with van der Waals surface area (Å²) in [6.07, 6.45) is 1.55. The number of nitriles is 1. The van der Waals surface area contributed by atoms with E-state index >= 15 is 0 Å². The summed E-state index contributed by atoms with van der Waals surface area (Å²) in [5, 5.41) is 22.9. The van der Waals surface area contributed by atoms with Crippen LogP contribution in [0.3, 0.4) is 0 Å². The standard InChI is InChI=1S/C22H11ClFN3O3S/c23-19-10-16(27(28)29)5-7-18(19)21-8-6-17(30-21)9-14(11-25)22-26-20(12-31-22)13-1-3-15(24)4-2-13/h1-10,12H. The van der Waals surface area contributed by atoms with Crippen molar-refractivity contribution in [1.29, 1.82) is 5.26 Å². The van der Waals surface area contributed by atoms with Crippen molar-refractivity contribution < 1.29 is 13.7 Å². The molecule has 0 atom stereocenters. The van der Waals surface area contributed by atoms with E-state index in [9.17, 15) is 19.8 Å². The molecule has 2 heterocycles. The lowest BCUT2D eigenvalue weighted by molar-refractivity contribution is -0.384. The number of furan rings is 1. The predicted octanol–water partition coefficient (Wildman–Crippen LogP) is 6.83. The fraction of sp³-hybridized carbons (Fsp3) is 0. The third kappa shape index (κ3) is 4.38. The fourth-order valence-corrected chi connectivity index (χ4v) is 3.89. The average molecular weight is 452 g/mol. The lowest BCUT2D eigenvalue weighted by Crippen LogP contribution is -1.88. The van der Waals surface area contributed by atoms with Gasteiger partial charge in [0.15, 0.2) is 0 Å². The van der Waals surface area contributed by atoms with Crippen molar-refractivity contribution in [2.45, 2.75) is 0 Å². The first-order valence-electron chi connectivity index (χ1n) is 8.82. The topological polar surface area (TPSA) is 93.0 Å². The van der Waals surface area contributed by atoms with Crippen LogP contribution >= 0.6 is 22.9 Å². The lowest BCUT2D eigenvalue weighted by atomic mass is 10.1. The summed E-state index contributed by atoms with van der Waals surface area (Å²) in [5.41, 5.74) is 2.06.